The maximum absolute atomic E-state index is 13.2. The molecule has 1 amide bonds. The Hall–Kier alpha value is -2.27. The number of pyridine rings is 1. The van der Waals surface area contributed by atoms with E-state index >= 15 is 0 Å². The quantitative estimate of drug-likeness (QED) is 0.719. The van der Waals surface area contributed by atoms with Crippen LogP contribution in [0.5, 0.6) is 0 Å². The number of carbonyl (C=O) groups excluding carboxylic acids is 1. The first kappa shape index (κ1) is 18.1. The third-order valence-corrected chi connectivity index (χ3v) is 3.80. The Kier molecular flexibility index (Phi) is 7.36. The fourth-order valence-corrected chi connectivity index (χ4v) is 2.49. The van der Waals surface area contributed by atoms with Crippen LogP contribution in [-0.2, 0) is 16.0 Å². The van der Waals surface area contributed by atoms with Crippen molar-refractivity contribution in [3.05, 3.63) is 65.7 Å². The molecule has 2 rings (SSSR count). The van der Waals surface area contributed by atoms with E-state index in [1.54, 1.807) is 25.4 Å². The van der Waals surface area contributed by atoms with Crippen molar-refractivity contribution >= 4 is 5.91 Å². The number of aromatic nitrogens is 1. The van der Waals surface area contributed by atoms with Gasteiger partial charge < -0.3 is 10.1 Å². The van der Waals surface area contributed by atoms with Crippen molar-refractivity contribution in [3.63, 3.8) is 0 Å². The van der Waals surface area contributed by atoms with Crippen LogP contribution in [0.3, 0.4) is 0 Å². The van der Waals surface area contributed by atoms with Crippen LogP contribution in [0.15, 0.2) is 48.7 Å². The Morgan fingerprint density at radius 3 is 2.67 bits per heavy atom. The number of rotatable bonds is 9. The lowest BCUT2D eigenvalue weighted by atomic mass is 9.93. The van der Waals surface area contributed by atoms with Crippen LogP contribution < -0.4 is 5.32 Å². The molecule has 4 nitrogen and oxygen atoms in total. The normalized spacial score (nSPS) is 11.9. The minimum Gasteiger partial charge on any atom is -0.385 e. The molecule has 0 bridgehead atoms. The highest BCUT2D eigenvalue weighted by molar-refractivity contribution is 5.83. The molecule has 0 saturated heterocycles. The molecule has 0 saturated carbocycles. The first-order valence-electron chi connectivity index (χ1n) is 8.12. The van der Waals surface area contributed by atoms with E-state index in [9.17, 15) is 9.18 Å². The fourth-order valence-electron chi connectivity index (χ4n) is 2.49. The van der Waals surface area contributed by atoms with Gasteiger partial charge in [0.05, 0.1) is 5.92 Å². The summed E-state index contributed by atoms with van der Waals surface area (Å²) in [5.41, 5.74) is 1.62. The molecule has 24 heavy (non-hydrogen) atoms. The average molecular weight is 330 g/mol. The summed E-state index contributed by atoms with van der Waals surface area (Å²) in [6.07, 6.45) is 3.95. The summed E-state index contributed by atoms with van der Waals surface area (Å²) in [5, 5.41) is 2.96. The molecule has 1 aromatic carbocycles. The zero-order valence-electron chi connectivity index (χ0n) is 13.9. The second-order valence-corrected chi connectivity index (χ2v) is 5.62. The lowest BCUT2D eigenvalue weighted by Gasteiger charge is -2.17. The van der Waals surface area contributed by atoms with Crippen LogP contribution in [0, 0.1) is 5.82 Å². The summed E-state index contributed by atoms with van der Waals surface area (Å²) in [6, 6.07) is 11.7. The smallest absolute Gasteiger partial charge is 0.227 e. The van der Waals surface area contributed by atoms with Gasteiger partial charge in [-0.1, -0.05) is 18.2 Å². The molecule has 0 radical (unpaired) electrons. The predicted molar refractivity (Wildman–Crippen MR) is 91.2 cm³/mol. The van der Waals surface area contributed by atoms with Crippen molar-refractivity contribution in [1.82, 2.24) is 10.3 Å². The van der Waals surface area contributed by atoms with Gasteiger partial charge in [-0.2, -0.15) is 0 Å². The van der Waals surface area contributed by atoms with E-state index in [0.717, 1.165) is 24.1 Å². The van der Waals surface area contributed by atoms with Crippen molar-refractivity contribution in [2.45, 2.75) is 25.2 Å². The van der Waals surface area contributed by atoms with Crippen LogP contribution >= 0.6 is 0 Å². The Labute approximate surface area is 142 Å². The van der Waals surface area contributed by atoms with E-state index in [2.05, 4.69) is 10.3 Å². The summed E-state index contributed by atoms with van der Waals surface area (Å²) in [4.78, 5) is 16.9. The molecule has 0 fully saturated rings. The van der Waals surface area contributed by atoms with Gasteiger partial charge in [0, 0.05) is 38.6 Å². The monoisotopic (exact) mass is 330 g/mol. The molecule has 0 spiro atoms. The van der Waals surface area contributed by atoms with E-state index in [1.165, 1.54) is 12.1 Å². The molecule has 1 N–H and O–H groups in total. The second-order valence-electron chi connectivity index (χ2n) is 5.62. The van der Waals surface area contributed by atoms with Crippen molar-refractivity contribution < 1.29 is 13.9 Å². The molecule has 1 atom stereocenters. The number of amides is 1. The molecule has 1 aromatic heterocycles. The number of carbonyl (C=O) groups is 1. The number of benzene rings is 1. The van der Waals surface area contributed by atoms with Gasteiger partial charge in [-0.25, -0.2) is 4.39 Å². The average Bonchev–Trinajstić information content (AvgIpc) is 2.61. The highest BCUT2D eigenvalue weighted by Crippen LogP contribution is 2.21. The molecule has 128 valence electrons. The Morgan fingerprint density at radius 2 is 2.00 bits per heavy atom. The van der Waals surface area contributed by atoms with Gasteiger partial charge in [-0.3, -0.25) is 9.78 Å². The summed E-state index contributed by atoms with van der Waals surface area (Å²) < 4.78 is 18.2. The van der Waals surface area contributed by atoms with Gasteiger partial charge in [-0.15, -0.1) is 0 Å². The van der Waals surface area contributed by atoms with Crippen molar-refractivity contribution in [3.8, 4) is 0 Å². The molecule has 0 aliphatic heterocycles. The predicted octanol–water partition coefficient (Wildman–Crippen LogP) is 3.09. The Morgan fingerprint density at radius 1 is 1.21 bits per heavy atom. The highest BCUT2D eigenvalue weighted by atomic mass is 19.1. The van der Waals surface area contributed by atoms with Gasteiger partial charge in [0.2, 0.25) is 5.91 Å². The van der Waals surface area contributed by atoms with Crippen molar-refractivity contribution in [2.24, 2.45) is 0 Å². The molecule has 1 heterocycles. The molecular weight excluding hydrogens is 307 g/mol. The van der Waals surface area contributed by atoms with Crippen LogP contribution in [0.2, 0.25) is 0 Å². The number of nitrogens with zero attached hydrogens (tertiary/aromatic N) is 1. The maximum Gasteiger partial charge on any atom is 0.227 e. The molecule has 0 aliphatic carbocycles. The number of hydrogen-bond donors (Lipinski definition) is 1. The molecule has 1 unspecified atom stereocenters. The topological polar surface area (TPSA) is 51.2 Å². The number of nitrogens with one attached hydrogen (secondary N) is 1. The Bertz CT molecular complexity index is 617. The standard InChI is InChI=1S/C19H23FN2O2/c1-24-13-5-4-12-22-19(23)18(14-17-6-2-3-11-21-17)15-7-9-16(20)10-8-15/h2-3,6-11,18H,4-5,12-14H2,1H3,(H,22,23). The van der Waals surface area contributed by atoms with Gasteiger partial charge >= 0.3 is 0 Å². The zero-order valence-corrected chi connectivity index (χ0v) is 13.9. The molecule has 2 aromatic rings. The van der Waals surface area contributed by atoms with Gasteiger partial charge in [0.1, 0.15) is 5.82 Å². The summed E-state index contributed by atoms with van der Waals surface area (Å²) in [5.74, 6) is -0.761. The van der Waals surface area contributed by atoms with Crippen LogP contribution in [0.4, 0.5) is 4.39 Å². The molecular formula is C19H23FN2O2. The summed E-state index contributed by atoms with van der Waals surface area (Å²) >= 11 is 0. The minimum absolute atomic E-state index is 0.0651. The number of ether oxygens (including phenoxy) is 1. The van der Waals surface area contributed by atoms with Gasteiger partial charge in [0.15, 0.2) is 0 Å². The summed E-state index contributed by atoms with van der Waals surface area (Å²) in [7, 11) is 1.66. The van der Waals surface area contributed by atoms with E-state index in [-0.39, 0.29) is 17.6 Å². The Balaban J connectivity index is 2.04. The number of halogens is 1. The number of methoxy groups -OCH3 is 1. The lowest BCUT2D eigenvalue weighted by Crippen LogP contribution is -2.31. The lowest BCUT2D eigenvalue weighted by molar-refractivity contribution is -0.122. The van der Waals surface area contributed by atoms with E-state index in [0.29, 0.717) is 19.6 Å². The van der Waals surface area contributed by atoms with E-state index in [4.69, 9.17) is 4.74 Å². The highest BCUT2D eigenvalue weighted by Gasteiger charge is 2.21. The summed E-state index contributed by atoms with van der Waals surface area (Å²) in [6.45, 7) is 1.29. The third kappa shape index (κ3) is 5.74. The van der Waals surface area contributed by atoms with Crippen molar-refractivity contribution in [1.29, 1.82) is 0 Å². The molecule has 0 aliphatic rings. The number of unbranched alkanes of at least 4 members (excludes halogenated alkanes) is 1. The van der Waals surface area contributed by atoms with E-state index < -0.39 is 0 Å². The molecule has 5 heteroatoms. The largest absolute Gasteiger partial charge is 0.385 e. The van der Waals surface area contributed by atoms with Crippen LogP contribution in [0.1, 0.15) is 30.0 Å². The SMILES string of the molecule is COCCCCNC(=O)C(Cc1ccccn1)c1ccc(F)cc1. The van der Waals surface area contributed by atoms with Crippen molar-refractivity contribution in [2.75, 3.05) is 20.3 Å². The van der Waals surface area contributed by atoms with Gasteiger partial charge in [-0.05, 0) is 42.7 Å². The van der Waals surface area contributed by atoms with Crippen LogP contribution in [0.25, 0.3) is 0 Å². The van der Waals surface area contributed by atoms with E-state index in [1.807, 2.05) is 18.2 Å². The van der Waals surface area contributed by atoms with Gasteiger partial charge in [0.25, 0.3) is 0 Å². The number of hydrogen-bond acceptors (Lipinski definition) is 3. The minimum atomic E-state index is -0.386. The fraction of sp³-hybridized carbons (Fsp3) is 0.368. The first-order chi connectivity index (χ1) is 11.7. The second kappa shape index (κ2) is 9.78. The first-order valence-corrected chi connectivity index (χ1v) is 8.12. The maximum atomic E-state index is 13.2. The van der Waals surface area contributed by atoms with Crippen LogP contribution in [-0.4, -0.2) is 31.2 Å². The third-order valence-electron chi connectivity index (χ3n) is 3.80. The zero-order chi connectivity index (χ0) is 17.2.